The number of hydrogen-bond acceptors (Lipinski definition) is 0. The third kappa shape index (κ3) is 21.0. The molecule has 0 bridgehead atoms. The number of hydrogen-bond donors (Lipinski definition) is 0. The molecule has 0 heterocycles. The standard InChI is InChI=1S/2C18H15P.C5H5.C5H4.2Au.BF4.Fe/c2*1-4-10-16(11-5-1)19(17-12-6-2-7-13-17)18-14-8-3-9-15-18;2*1-2-4-5-3-1;;;2-1(3,4)5;/h2*1-15H;1-5H;1-4H;;;;/q;;;+1;;;-1;. The van der Waals surface area contributed by atoms with E-state index in [9.17, 15) is 17.3 Å². The van der Waals surface area contributed by atoms with Gasteiger partial charge in [0.15, 0.2) is 12.8 Å². The molecule has 0 amide bonds. The quantitative estimate of drug-likeness (QED) is 0.0675. The minimum atomic E-state index is -6.00. The van der Waals surface area contributed by atoms with E-state index in [0.29, 0.717) is 0 Å². The van der Waals surface area contributed by atoms with Crippen LogP contribution >= 0.6 is 15.8 Å². The molecule has 0 unspecified atom stereocenters. The molecular formula is C46H39Au2BF4FeP2. The molecule has 0 spiro atoms. The van der Waals surface area contributed by atoms with Crippen LogP contribution in [-0.2, 0) is 61.8 Å². The molecule has 56 heavy (non-hydrogen) atoms. The number of halogens is 4. The van der Waals surface area contributed by atoms with E-state index in [2.05, 4.69) is 188 Å². The number of benzene rings is 6. The van der Waals surface area contributed by atoms with Crippen LogP contribution < -0.4 is 31.8 Å². The van der Waals surface area contributed by atoms with Crippen molar-refractivity contribution in [2.45, 2.75) is 0 Å². The third-order valence-corrected chi connectivity index (χ3v) is 12.0. The van der Waals surface area contributed by atoms with Crippen LogP contribution in [0.25, 0.3) is 0 Å². The normalized spacial score (nSPS) is 12.4. The molecule has 2 aliphatic rings. The maximum atomic E-state index is 9.75. The van der Waals surface area contributed by atoms with Gasteiger partial charge in [0.2, 0.25) is 0 Å². The van der Waals surface area contributed by atoms with Gasteiger partial charge in [-0.25, -0.2) is 0 Å². The van der Waals surface area contributed by atoms with Gasteiger partial charge in [-0.1, -0.05) is 182 Å². The van der Waals surface area contributed by atoms with E-state index in [4.69, 9.17) is 0 Å². The Labute approximate surface area is 377 Å². The summed E-state index contributed by atoms with van der Waals surface area (Å²) >= 11 is 0. The van der Waals surface area contributed by atoms with Crippen molar-refractivity contribution in [3.05, 3.63) is 246 Å². The van der Waals surface area contributed by atoms with Gasteiger partial charge in [0, 0.05) is 74.7 Å². The van der Waals surface area contributed by atoms with E-state index in [1.54, 1.807) is 0 Å². The van der Waals surface area contributed by atoms with Crippen molar-refractivity contribution in [2.24, 2.45) is 0 Å². The Morgan fingerprint density at radius 3 is 0.589 bits per heavy atom. The summed E-state index contributed by atoms with van der Waals surface area (Å²) < 4.78 is 39.0. The van der Waals surface area contributed by atoms with Crippen molar-refractivity contribution < 1.29 is 79.1 Å². The maximum absolute atomic E-state index is 9.75. The van der Waals surface area contributed by atoms with E-state index in [1.165, 1.54) is 31.8 Å². The van der Waals surface area contributed by atoms with Gasteiger partial charge in [0.05, 0.1) is 0 Å². The predicted octanol–water partition coefficient (Wildman–Crippen LogP) is 10.1. The third-order valence-electron chi connectivity index (χ3n) is 7.14. The van der Waals surface area contributed by atoms with Crippen molar-refractivity contribution in [1.29, 1.82) is 0 Å². The van der Waals surface area contributed by atoms with Gasteiger partial charge in [0.25, 0.3) is 6.42 Å². The molecule has 294 valence electrons. The molecular weight excluding hydrogens is 1150 g/mol. The Hall–Kier alpha value is -2.17. The van der Waals surface area contributed by atoms with E-state index >= 15 is 0 Å². The topological polar surface area (TPSA) is 0 Å². The van der Waals surface area contributed by atoms with Crippen LogP contribution in [0.5, 0.6) is 0 Å². The van der Waals surface area contributed by atoms with Gasteiger partial charge in [-0.3, -0.25) is 0 Å². The van der Waals surface area contributed by atoms with Crippen LogP contribution in [0.3, 0.4) is 0 Å². The van der Waals surface area contributed by atoms with Crippen molar-refractivity contribution in [3.8, 4) is 0 Å². The second-order valence-electron chi connectivity index (χ2n) is 11.0. The molecule has 10 heteroatoms. The van der Waals surface area contributed by atoms with Crippen LogP contribution in [0.2, 0.25) is 0 Å². The van der Waals surface area contributed by atoms with E-state index in [-0.39, 0.29) is 61.8 Å². The zero-order chi connectivity index (χ0) is 37.4. The number of rotatable bonds is 6. The van der Waals surface area contributed by atoms with Gasteiger partial charge in [0.1, 0.15) is 0 Å². The molecule has 2 fully saturated rings. The summed E-state index contributed by atoms with van der Waals surface area (Å²) in [5.41, 5.74) is 0. The summed E-state index contributed by atoms with van der Waals surface area (Å²) in [6.45, 7) is 0. The van der Waals surface area contributed by atoms with Crippen LogP contribution in [0.1, 0.15) is 0 Å². The van der Waals surface area contributed by atoms with Gasteiger partial charge in [-0.15, -0.1) is 0 Å². The second kappa shape index (κ2) is 30.9. The molecule has 8 rings (SSSR count). The summed E-state index contributed by atoms with van der Waals surface area (Å²) in [6.07, 6.45) is 20.5. The molecule has 0 nitrogen and oxygen atoms in total. The van der Waals surface area contributed by atoms with Gasteiger partial charge in [-0.05, 0) is 79.8 Å². The van der Waals surface area contributed by atoms with E-state index < -0.39 is 23.1 Å². The Morgan fingerprint density at radius 2 is 0.464 bits per heavy atom. The Kier molecular flexibility index (Phi) is 28.6. The first-order valence-electron chi connectivity index (χ1n) is 16.9. The van der Waals surface area contributed by atoms with Crippen molar-refractivity contribution >= 4 is 54.9 Å². The van der Waals surface area contributed by atoms with Crippen LogP contribution in [0.15, 0.2) is 182 Å². The predicted molar refractivity (Wildman–Crippen MR) is 222 cm³/mol. The average molecular weight is 1190 g/mol. The monoisotopic (exact) mass is 1190 g/mol. The molecule has 6 aromatic carbocycles. The fraction of sp³-hybridized carbons (Fsp3) is 0. The first-order chi connectivity index (χ1) is 25.9. The van der Waals surface area contributed by atoms with Crippen LogP contribution in [0.4, 0.5) is 17.3 Å². The van der Waals surface area contributed by atoms with Crippen LogP contribution in [0, 0.1) is 64.2 Å². The Bertz CT molecular complexity index is 1430. The largest absolute Gasteiger partial charge is 0.673 e. The van der Waals surface area contributed by atoms with E-state index in [0.717, 1.165) is 0 Å². The minimum absolute atomic E-state index is 0. The summed E-state index contributed by atoms with van der Waals surface area (Å²) in [5, 5.41) is 8.39. The SMILES string of the molecule is F[B-](F)(F)F.[Au].[Au].[C+]1[CH][CH][CH][CH]1.[CH]1[CH][CH][CH][CH]1.[Fe].c1ccc(P(c2ccccc2)c2ccccc2)cc1.c1ccc(P(c2ccccc2)c2ccccc2)cc1. The smallest absolute Gasteiger partial charge is 0.418 e. The zero-order valence-corrected chi connectivity index (χ0v) is 37.2. The molecule has 0 saturated heterocycles. The summed E-state index contributed by atoms with van der Waals surface area (Å²) in [5.74, 6) is 0. The van der Waals surface area contributed by atoms with Gasteiger partial charge < -0.3 is 17.3 Å². The molecule has 0 N–H and O–H groups in total. The fourth-order valence-electron chi connectivity index (χ4n) is 4.96. The summed E-state index contributed by atoms with van der Waals surface area (Å²) in [7, 11) is -6.89. The van der Waals surface area contributed by atoms with Crippen molar-refractivity contribution in [2.75, 3.05) is 0 Å². The molecule has 0 aliphatic heterocycles. The molecule has 2 saturated carbocycles. The van der Waals surface area contributed by atoms with Crippen molar-refractivity contribution in [1.82, 2.24) is 0 Å². The molecule has 6 aromatic rings. The minimum Gasteiger partial charge on any atom is -0.418 e. The van der Waals surface area contributed by atoms with Gasteiger partial charge in [-0.2, -0.15) is 0 Å². The summed E-state index contributed by atoms with van der Waals surface area (Å²) in [4.78, 5) is 0. The Morgan fingerprint density at radius 1 is 0.304 bits per heavy atom. The first-order valence-corrected chi connectivity index (χ1v) is 19.6. The molecule has 0 atom stereocenters. The van der Waals surface area contributed by atoms with Crippen molar-refractivity contribution in [3.63, 3.8) is 0 Å². The zero-order valence-electron chi connectivity index (χ0n) is 30.0. The maximum Gasteiger partial charge on any atom is 0.673 e. The van der Waals surface area contributed by atoms with Crippen LogP contribution in [-0.4, -0.2) is 7.25 Å². The van der Waals surface area contributed by atoms with E-state index in [1.807, 2.05) is 57.8 Å². The molecule has 2 aliphatic carbocycles. The summed E-state index contributed by atoms with van der Waals surface area (Å²) in [6, 6.07) is 64.7. The van der Waals surface area contributed by atoms with Gasteiger partial charge >= 0.3 is 7.25 Å². The average Bonchev–Trinajstić information content (AvgIpc) is 3.99. The Balaban J connectivity index is 0.000000395. The molecule has 0 aromatic heterocycles. The fourth-order valence-corrected chi connectivity index (χ4v) is 9.57. The molecule has 12 radical (unpaired) electrons. The second-order valence-corrected chi connectivity index (χ2v) is 15.5. The first kappa shape index (κ1) is 51.9.